The van der Waals surface area contributed by atoms with Gasteiger partial charge in [-0.05, 0) is 6.54 Å². The molecular formula is C8H10N6. The fourth-order valence-corrected chi connectivity index (χ4v) is 1.10. The van der Waals surface area contributed by atoms with E-state index in [2.05, 4.69) is 20.3 Å². The zero-order valence-electron chi connectivity index (χ0n) is 7.54. The highest BCUT2D eigenvalue weighted by Crippen LogP contribution is 2.02. The fraction of sp³-hybridized carbons (Fsp3) is 0.250. The number of nitrogens with zero attached hydrogens (tertiary/aromatic N) is 5. The van der Waals surface area contributed by atoms with E-state index in [0.717, 1.165) is 17.8 Å². The summed E-state index contributed by atoms with van der Waals surface area (Å²) in [6.07, 6.45) is 7.38. The van der Waals surface area contributed by atoms with Crippen LogP contribution >= 0.6 is 0 Å². The summed E-state index contributed by atoms with van der Waals surface area (Å²) >= 11 is 0. The average molecular weight is 190 g/mol. The highest BCUT2D eigenvalue weighted by atomic mass is 15.4. The summed E-state index contributed by atoms with van der Waals surface area (Å²) in [7, 11) is 0. The van der Waals surface area contributed by atoms with Crippen LogP contribution in [0.3, 0.4) is 0 Å². The lowest BCUT2D eigenvalue weighted by atomic mass is 10.3. The maximum absolute atomic E-state index is 5.41. The molecule has 0 aliphatic carbocycles. The summed E-state index contributed by atoms with van der Waals surface area (Å²) in [4.78, 5) is 7.78. The summed E-state index contributed by atoms with van der Waals surface area (Å²) in [5.74, 6) is 0. The van der Waals surface area contributed by atoms with Crippen LogP contribution < -0.4 is 5.73 Å². The second kappa shape index (κ2) is 3.93. The van der Waals surface area contributed by atoms with Gasteiger partial charge < -0.3 is 5.73 Å². The molecule has 0 aliphatic heterocycles. The monoisotopic (exact) mass is 190 g/mol. The molecule has 0 fully saturated rings. The molecule has 2 heterocycles. The molecule has 0 amide bonds. The molecule has 6 heteroatoms. The third-order valence-corrected chi connectivity index (χ3v) is 1.75. The Kier molecular flexibility index (Phi) is 2.46. The number of hydrogen-bond donors (Lipinski definition) is 1. The van der Waals surface area contributed by atoms with E-state index >= 15 is 0 Å². The van der Waals surface area contributed by atoms with Crippen LogP contribution in [0.4, 0.5) is 0 Å². The molecule has 0 atom stereocenters. The predicted molar refractivity (Wildman–Crippen MR) is 49.7 cm³/mol. The van der Waals surface area contributed by atoms with E-state index in [1.807, 2.05) is 6.20 Å². The van der Waals surface area contributed by atoms with Gasteiger partial charge in [-0.3, -0.25) is 0 Å². The predicted octanol–water partition coefficient (Wildman–Crippen LogP) is -0.442. The van der Waals surface area contributed by atoms with Crippen molar-refractivity contribution in [1.82, 2.24) is 25.0 Å². The van der Waals surface area contributed by atoms with Crippen LogP contribution in [0.2, 0.25) is 0 Å². The highest BCUT2D eigenvalue weighted by Gasteiger charge is 2.01. The molecule has 72 valence electrons. The molecule has 2 aromatic rings. The van der Waals surface area contributed by atoms with Crippen molar-refractivity contribution in [2.75, 3.05) is 6.54 Å². The topological polar surface area (TPSA) is 82.5 Å². The first-order chi connectivity index (χ1) is 6.90. The number of aromatic nitrogens is 5. The Morgan fingerprint density at radius 1 is 1.29 bits per heavy atom. The number of nitrogens with two attached hydrogens (primary N) is 1. The first kappa shape index (κ1) is 8.76. The van der Waals surface area contributed by atoms with Gasteiger partial charge in [-0.2, -0.15) is 0 Å². The zero-order chi connectivity index (χ0) is 9.80. The molecule has 0 aromatic carbocycles. The summed E-state index contributed by atoms with van der Waals surface area (Å²) < 4.78 is 1.63. The van der Waals surface area contributed by atoms with Crippen molar-refractivity contribution < 1.29 is 0 Å². The van der Waals surface area contributed by atoms with E-state index in [1.165, 1.54) is 6.33 Å². The molecule has 6 nitrogen and oxygen atoms in total. The number of rotatable bonds is 3. The Bertz CT molecular complexity index is 395. The van der Waals surface area contributed by atoms with Crippen LogP contribution in [0.25, 0.3) is 5.69 Å². The van der Waals surface area contributed by atoms with E-state index in [4.69, 9.17) is 5.73 Å². The molecular weight excluding hydrogens is 180 g/mol. The van der Waals surface area contributed by atoms with Gasteiger partial charge in [0.05, 0.1) is 24.3 Å². The zero-order valence-corrected chi connectivity index (χ0v) is 7.54. The van der Waals surface area contributed by atoms with Crippen molar-refractivity contribution in [1.29, 1.82) is 0 Å². The molecule has 0 bridgehead atoms. The Morgan fingerprint density at radius 2 is 2.07 bits per heavy atom. The van der Waals surface area contributed by atoms with Crippen molar-refractivity contribution in [3.63, 3.8) is 0 Å². The number of hydrogen-bond acceptors (Lipinski definition) is 5. The highest BCUT2D eigenvalue weighted by molar-refractivity contribution is 5.22. The van der Waals surface area contributed by atoms with Crippen LogP contribution in [0.15, 0.2) is 24.9 Å². The van der Waals surface area contributed by atoms with Crippen LogP contribution in [0.1, 0.15) is 5.69 Å². The van der Waals surface area contributed by atoms with Crippen molar-refractivity contribution in [2.24, 2.45) is 5.73 Å². The van der Waals surface area contributed by atoms with Gasteiger partial charge in [-0.1, -0.05) is 5.21 Å². The third-order valence-electron chi connectivity index (χ3n) is 1.75. The summed E-state index contributed by atoms with van der Waals surface area (Å²) in [6, 6.07) is 0. The van der Waals surface area contributed by atoms with E-state index in [9.17, 15) is 0 Å². The lowest BCUT2D eigenvalue weighted by Crippen LogP contribution is -2.02. The SMILES string of the molecule is NCCc1cn(-c2cncnc2)nn1. The lowest BCUT2D eigenvalue weighted by Gasteiger charge is -1.95. The second-order valence-corrected chi connectivity index (χ2v) is 2.79. The third kappa shape index (κ3) is 1.74. The first-order valence-corrected chi connectivity index (χ1v) is 4.27. The van der Waals surface area contributed by atoms with E-state index in [-0.39, 0.29) is 0 Å². The molecule has 14 heavy (non-hydrogen) atoms. The van der Waals surface area contributed by atoms with E-state index < -0.39 is 0 Å². The van der Waals surface area contributed by atoms with Crippen molar-refractivity contribution in [3.8, 4) is 5.69 Å². The standard InChI is InChI=1S/C8H10N6/c9-2-1-7-5-14(13-12-7)8-3-10-6-11-4-8/h3-6H,1-2,9H2. The van der Waals surface area contributed by atoms with E-state index in [0.29, 0.717) is 6.54 Å². The van der Waals surface area contributed by atoms with Gasteiger partial charge in [0.15, 0.2) is 0 Å². The minimum absolute atomic E-state index is 0.573. The Morgan fingerprint density at radius 3 is 2.79 bits per heavy atom. The quantitative estimate of drug-likeness (QED) is 0.709. The van der Waals surface area contributed by atoms with Gasteiger partial charge in [0.1, 0.15) is 12.0 Å². The first-order valence-electron chi connectivity index (χ1n) is 4.27. The minimum Gasteiger partial charge on any atom is -0.330 e. The molecule has 0 radical (unpaired) electrons. The maximum atomic E-state index is 5.41. The Labute approximate surface area is 80.8 Å². The summed E-state index contributed by atoms with van der Waals surface area (Å²) in [6.45, 7) is 0.573. The van der Waals surface area contributed by atoms with E-state index in [1.54, 1.807) is 17.1 Å². The molecule has 0 unspecified atom stereocenters. The Balaban J connectivity index is 2.25. The lowest BCUT2D eigenvalue weighted by molar-refractivity contribution is 0.787. The molecule has 2 N–H and O–H groups in total. The summed E-state index contributed by atoms with van der Waals surface area (Å²) in [5.41, 5.74) is 7.07. The van der Waals surface area contributed by atoms with Gasteiger partial charge in [-0.15, -0.1) is 5.10 Å². The summed E-state index contributed by atoms with van der Waals surface area (Å²) in [5, 5.41) is 7.90. The molecule has 0 spiro atoms. The van der Waals surface area contributed by atoms with Crippen LogP contribution in [0, 0.1) is 0 Å². The fourth-order valence-electron chi connectivity index (χ4n) is 1.10. The van der Waals surface area contributed by atoms with Crippen LogP contribution in [-0.2, 0) is 6.42 Å². The van der Waals surface area contributed by atoms with Gasteiger partial charge in [0.2, 0.25) is 0 Å². The normalized spacial score (nSPS) is 10.4. The molecule has 0 saturated carbocycles. The largest absolute Gasteiger partial charge is 0.330 e. The maximum Gasteiger partial charge on any atom is 0.115 e. The molecule has 0 aliphatic rings. The van der Waals surface area contributed by atoms with Crippen molar-refractivity contribution >= 4 is 0 Å². The van der Waals surface area contributed by atoms with Gasteiger partial charge >= 0.3 is 0 Å². The minimum atomic E-state index is 0.573. The van der Waals surface area contributed by atoms with Gasteiger partial charge in [-0.25, -0.2) is 14.6 Å². The van der Waals surface area contributed by atoms with Gasteiger partial charge in [0.25, 0.3) is 0 Å². The molecule has 2 aromatic heterocycles. The van der Waals surface area contributed by atoms with Crippen molar-refractivity contribution in [2.45, 2.75) is 6.42 Å². The Hall–Kier alpha value is -1.82. The van der Waals surface area contributed by atoms with Crippen LogP contribution in [0.5, 0.6) is 0 Å². The van der Waals surface area contributed by atoms with Gasteiger partial charge in [0, 0.05) is 6.42 Å². The average Bonchev–Trinajstić information content (AvgIpc) is 2.68. The molecule has 2 rings (SSSR count). The smallest absolute Gasteiger partial charge is 0.115 e. The van der Waals surface area contributed by atoms with Crippen LogP contribution in [-0.4, -0.2) is 31.5 Å². The second-order valence-electron chi connectivity index (χ2n) is 2.79. The molecule has 0 saturated heterocycles. The van der Waals surface area contributed by atoms with Crippen molar-refractivity contribution in [3.05, 3.63) is 30.6 Å².